The Morgan fingerprint density at radius 1 is 0.974 bits per heavy atom. The molecule has 0 atom stereocenters. The number of nitro groups is 1. The number of likely N-dealkylation sites (N-methyl/N-ethyl adjacent to an activating group) is 1. The van der Waals surface area contributed by atoms with Gasteiger partial charge in [0.1, 0.15) is 13.2 Å². The highest BCUT2D eigenvalue weighted by Crippen LogP contribution is 2.41. The lowest BCUT2D eigenvalue weighted by molar-refractivity contribution is -0.384. The number of rotatable bonds is 6. The predicted octanol–water partition coefficient (Wildman–Crippen LogP) is 4.05. The van der Waals surface area contributed by atoms with Crippen LogP contribution >= 0.6 is 0 Å². The number of non-ortho nitro benzene ring substituents is 1. The fraction of sp³-hybridized carbons (Fsp3) is 0.276. The van der Waals surface area contributed by atoms with Crippen molar-refractivity contribution in [1.29, 1.82) is 0 Å². The summed E-state index contributed by atoms with van der Waals surface area (Å²) in [7, 11) is 2.15. The first kappa shape index (κ1) is 24.9. The zero-order valence-electron chi connectivity index (χ0n) is 21.6. The molecular formula is C29H29N5O5. The first-order chi connectivity index (χ1) is 18.9. The summed E-state index contributed by atoms with van der Waals surface area (Å²) in [5, 5.41) is 17.6. The van der Waals surface area contributed by atoms with E-state index in [1.54, 1.807) is 6.07 Å². The molecule has 39 heavy (non-hydrogen) atoms. The molecule has 3 aliphatic rings. The molecule has 1 amide bonds. The Kier molecular flexibility index (Phi) is 6.64. The third-order valence-electron chi connectivity index (χ3n) is 7.26. The van der Waals surface area contributed by atoms with E-state index < -0.39 is 4.92 Å². The highest BCUT2D eigenvalue weighted by Gasteiger charge is 2.30. The molecule has 3 aliphatic heterocycles. The molecule has 0 aromatic heterocycles. The molecule has 0 saturated carbocycles. The zero-order chi connectivity index (χ0) is 26.9. The Balaban J connectivity index is 1.35. The van der Waals surface area contributed by atoms with Crippen molar-refractivity contribution in [3.8, 4) is 11.5 Å². The topological polar surface area (TPSA) is 109 Å². The van der Waals surface area contributed by atoms with E-state index in [1.807, 2.05) is 30.3 Å². The smallest absolute Gasteiger partial charge is 0.271 e. The lowest BCUT2D eigenvalue weighted by Gasteiger charge is -2.32. The molecule has 3 heterocycles. The fourth-order valence-electron chi connectivity index (χ4n) is 5.10. The van der Waals surface area contributed by atoms with Crippen LogP contribution in [0.5, 0.6) is 11.5 Å². The minimum absolute atomic E-state index is 0.0833. The van der Waals surface area contributed by atoms with E-state index in [0.29, 0.717) is 47.2 Å². The highest BCUT2D eigenvalue weighted by atomic mass is 16.6. The van der Waals surface area contributed by atoms with Crippen molar-refractivity contribution in [2.45, 2.75) is 6.54 Å². The van der Waals surface area contributed by atoms with Gasteiger partial charge < -0.3 is 25.0 Å². The molecule has 0 unspecified atom stereocenters. The number of benzene rings is 3. The number of anilines is 2. The normalized spacial score (nSPS) is 18.3. The second kappa shape index (κ2) is 10.4. The van der Waals surface area contributed by atoms with Crippen molar-refractivity contribution in [2.75, 3.05) is 57.1 Å². The van der Waals surface area contributed by atoms with Gasteiger partial charge in [0.2, 0.25) is 0 Å². The van der Waals surface area contributed by atoms with Gasteiger partial charge in [-0.2, -0.15) is 0 Å². The number of piperazine rings is 1. The number of hydrogen-bond donors (Lipinski definition) is 2. The van der Waals surface area contributed by atoms with Gasteiger partial charge in [-0.05, 0) is 49.0 Å². The average molecular weight is 528 g/mol. The largest absolute Gasteiger partial charge is 0.486 e. The molecule has 0 bridgehead atoms. The van der Waals surface area contributed by atoms with E-state index in [1.165, 1.54) is 17.7 Å². The quantitative estimate of drug-likeness (QED) is 0.281. The van der Waals surface area contributed by atoms with Gasteiger partial charge in [0, 0.05) is 61.7 Å². The second-order valence-corrected chi connectivity index (χ2v) is 9.95. The van der Waals surface area contributed by atoms with Crippen LogP contribution in [0.3, 0.4) is 0 Å². The number of ether oxygens (including phenoxy) is 2. The lowest BCUT2D eigenvalue weighted by atomic mass is 9.99. The van der Waals surface area contributed by atoms with Gasteiger partial charge in [-0.3, -0.25) is 19.8 Å². The molecule has 3 aromatic rings. The summed E-state index contributed by atoms with van der Waals surface area (Å²) in [4.78, 5) is 28.9. The molecule has 1 saturated heterocycles. The van der Waals surface area contributed by atoms with E-state index in [4.69, 9.17) is 9.47 Å². The third kappa shape index (κ3) is 5.16. The van der Waals surface area contributed by atoms with Crippen LogP contribution in [0.1, 0.15) is 16.7 Å². The molecule has 0 aliphatic carbocycles. The number of hydrogen-bond acceptors (Lipinski definition) is 8. The Bertz CT molecular complexity index is 1460. The average Bonchev–Trinajstić information content (AvgIpc) is 3.28. The van der Waals surface area contributed by atoms with Crippen molar-refractivity contribution in [1.82, 2.24) is 9.80 Å². The van der Waals surface area contributed by atoms with Gasteiger partial charge in [0.05, 0.1) is 21.9 Å². The SMILES string of the molecule is CN1CCN(Cc2ccc(N/C(=C3\C(=O)Nc4cc([N+](=O)[O-])ccc43)c3ccc4c(c3)OCCO4)cc2)CC1. The van der Waals surface area contributed by atoms with Crippen molar-refractivity contribution < 1.29 is 19.2 Å². The Morgan fingerprint density at radius 3 is 2.46 bits per heavy atom. The monoisotopic (exact) mass is 527 g/mol. The highest BCUT2D eigenvalue weighted by molar-refractivity contribution is 6.37. The molecule has 0 spiro atoms. The third-order valence-corrected chi connectivity index (χ3v) is 7.26. The van der Waals surface area contributed by atoms with Crippen molar-refractivity contribution in [3.05, 3.63) is 87.5 Å². The molecule has 3 aromatic carbocycles. The summed E-state index contributed by atoms with van der Waals surface area (Å²) < 4.78 is 11.5. The molecule has 2 N–H and O–H groups in total. The Hall–Kier alpha value is -4.41. The van der Waals surface area contributed by atoms with Crippen LogP contribution in [0.2, 0.25) is 0 Å². The fourth-order valence-corrected chi connectivity index (χ4v) is 5.10. The van der Waals surface area contributed by atoms with Crippen LogP contribution in [0.15, 0.2) is 60.7 Å². The maximum atomic E-state index is 13.3. The number of fused-ring (bicyclic) bond motifs is 2. The number of nitrogens with one attached hydrogen (secondary N) is 2. The molecule has 0 radical (unpaired) electrons. The van der Waals surface area contributed by atoms with Crippen LogP contribution in [0, 0.1) is 10.1 Å². The van der Waals surface area contributed by atoms with E-state index in [2.05, 4.69) is 39.6 Å². The van der Waals surface area contributed by atoms with E-state index in [9.17, 15) is 14.9 Å². The zero-order valence-corrected chi connectivity index (χ0v) is 21.6. The van der Waals surface area contributed by atoms with Crippen LogP contribution in [-0.2, 0) is 11.3 Å². The predicted molar refractivity (Wildman–Crippen MR) is 149 cm³/mol. The second-order valence-electron chi connectivity index (χ2n) is 9.95. The molecular weight excluding hydrogens is 498 g/mol. The standard InChI is InChI=1S/C29H29N5O5/c1-32-10-12-33(13-11-32)18-19-2-5-21(6-3-19)30-28(20-4-9-25-26(16-20)39-15-14-38-25)27-23-8-7-22(34(36)37)17-24(23)31-29(27)35/h2-9,16-17,30H,10-15,18H2,1H3,(H,31,35)/b28-27-. The van der Waals surface area contributed by atoms with Gasteiger partial charge in [-0.15, -0.1) is 0 Å². The van der Waals surface area contributed by atoms with Crippen LogP contribution in [0.4, 0.5) is 17.1 Å². The van der Waals surface area contributed by atoms with Gasteiger partial charge >= 0.3 is 0 Å². The summed E-state index contributed by atoms with van der Waals surface area (Å²) >= 11 is 0. The number of carbonyl (C=O) groups excluding carboxylic acids is 1. The number of carbonyl (C=O) groups is 1. The van der Waals surface area contributed by atoms with Crippen molar-refractivity contribution >= 4 is 34.2 Å². The lowest BCUT2D eigenvalue weighted by Crippen LogP contribution is -2.43. The first-order valence-electron chi connectivity index (χ1n) is 13.0. The maximum absolute atomic E-state index is 13.3. The Morgan fingerprint density at radius 2 is 1.72 bits per heavy atom. The van der Waals surface area contributed by atoms with Gasteiger partial charge in [0.25, 0.3) is 11.6 Å². The molecule has 10 heteroatoms. The van der Waals surface area contributed by atoms with Crippen LogP contribution in [0.25, 0.3) is 11.3 Å². The minimum atomic E-state index is -0.474. The van der Waals surface area contributed by atoms with Gasteiger partial charge in [-0.25, -0.2) is 0 Å². The number of amides is 1. The van der Waals surface area contributed by atoms with Gasteiger partial charge in [-0.1, -0.05) is 12.1 Å². The van der Waals surface area contributed by atoms with Crippen LogP contribution < -0.4 is 20.1 Å². The molecule has 10 nitrogen and oxygen atoms in total. The summed E-state index contributed by atoms with van der Waals surface area (Å²) in [6.07, 6.45) is 0. The first-order valence-corrected chi connectivity index (χ1v) is 13.0. The molecule has 6 rings (SSSR count). The number of nitrogens with zero attached hydrogens (tertiary/aromatic N) is 3. The summed E-state index contributed by atoms with van der Waals surface area (Å²) in [6.45, 7) is 6.04. The van der Waals surface area contributed by atoms with E-state index >= 15 is 0 Å². The summed E-state index contributed by atoms with van der Waals surface area (Å²) in [5.74, 6) is 0.910. The molecule has 1 fully saturated rings. The molecule has 200 valence electrons. The van der Waals surface area contributed by atoms with Gasteiger partial charge in [0.15, 0.2) is 11.5 Å². The number of nitro benzene ring substituents is 1. The van der Waals surface area contributed by atoms with Crippen molar-refractivity contribution in [2.24, 2.45) is 0 Å². The van der Waals surface area contributed by atoms with E-state index in [0.717, 1.165) is 44.0 Å². The summed E-state index contributed by atoms with van der Waals surface area (Å²) in [6, 6.07) is 18.2. The minimum Gasteiger partial charge on any atom is -0.486 e. The summed E-state index contributed by atoms with van der Waals surface area (Å²) in [5.41, 5.74) is 4.66. The Labute approximate surface area is 226 Å². The maximum Gasteiger partial charge on any atom is 0.271 e. The van der Waals surface area contributed by atoms with Crippen LogP contribution in [-0.4, -0.2) is 67.1 Å². The van der Waals surface area contributed by atoms with E-state index in [-0.39, 0.29) is 11.6 Å². The van der Waals surface area contributed by atoms with Crippen molar-refractivity contribution in [3.63, 3.8) is 0 Å².